The van der Waals surface area contributed by atoms with Crippen LogP contribution < -0.4 is 11.1 Å². The molecule has 160 valence electrons. The lowest BCUT2D eigenvalue weighted by molar-refractivity contribution is 0.459. The third-order valence-electron chi connectivity index (χ3n) is 5.51. The van der Waals surface area contributed by atoms with Gasteiger partial charge in [-0.25, -0.2) is 9.37 Å². The fourth-order valence-corrected chi connectivity index (χ4v) is 5.26. The molecular formula is C21H24Cl2FN5S. The first kappa shape index (κ1) is 22.9. The molecule has 0 atom stereocenters. The molecule has 3 N–H and O–H groups in total. The minimum atomic E-state index is -0.260. The van der Waals surface area contributed by atoms with Crippen LogP contribution in [0.25, 0.3) is 32.2 Å². The second kappa shape index (κ2) is 9.16. The van der Waals surface area contributed by atoms with E-state index >= 15 is 0 Å². The van der Waals surface area contributed by atoms with Crippen molar-refractivity contribution in [3.05, 3.63) is 46.9 Å². The van der Waals surface area contributed by atoms with Crippen LogP contribution in [0.1, 0.15) is 29.3 Å². The molecule has 30 heavy (non-hydrogen) atoms. The summed E-state index contributed by atoms with van der Waals surface area (Å²) in [6.45, 7) is 2.40. The van der Waals surface area contributed by atoms with Crippen molar-refractivity contribution in [2.45, 2.75) is 25.3 Å². The summed E-state index contributed by atoms with van der Waals surface area (Å²) in [5, 5.41) is 9.93. The summed E-state index contributed by atoms with van der Waals surface area (Å²) in [7, 11) is 1.89. The van der Waals surface area contributed by atoms with Crippen molar-refractivity contribution >= 4 is 57.3 Å². The van der Waals surface area contributed by atoms with Crippen LogP contribution in [-0.2, 0) is 13.6 Å². The SMILES string of the molecule is Cl.Cl.Cn1cc2cc(-c3cc(F)c4nc(C5CCNCC5)sc4c3)cc(CN)c2n1. The smallest absolute Gasteiger partial charge is 0.150 e. The molecule has 5 nitrogen and oxygen atoms in total. The van der Waals surface area contributed by atoms with Crippen molar-refractivity contribution in [3.8, 4) is 11.1 Å². The first-order valence-corrected chi connectivity index (χ1v) is 10.4. The zero-order valence-electron chi connectivity index (χ0n) is 16.5. The normalized spacial score (nSPS) is 14.6. The molecule has 0 unspecified atom stereocenters. The van der Waals surface area contributed by atoms with Crippen LogP contribution in [-0.4, -0.2) is 27.9 Å². The highest BCUT2D eigenvalue weighted by atomic mass is 35.5. The number of piperidine rings is 1. The van der Waals surface area contributed by atoms with Crippen LogP contribution >= 0.6 is 36.2 Å². The Balaban J connectivity index is 0.00000128. The molecule has 1 aliphatic heterocycles. The molecule has 4 aromatic rings. The first-order chi connectivity index (χ1) is 13.6. The van der Waals surface area contributed by atoms with E-state index in [9.17, 15) is 4.39 Å². The molecule has 2 aromatic heterocycles. The van der Waals surface area contributed by atoms with Gasteiger partial charge in [0.25, 0.3) is 0 Å². The number of hydrogen-bond acceptors (Lipinski definition) is 5. The molecule has 3 heterocycles. The molecule has 9 heteroatoms. The van der Waals surface area contributed by atoms with Crippen molar-refractivity contribution in [2.24, 2.45) is 12.8 Å². The Kier molecular flexibility index (Phi) is 6.99. The van der Waals surface area contributed by atoms with Crippen molar-refractivity contribution in [1.29, 1.82) is 0 Å². The van der Waals surface area contributed by atoms with E-state index < -0.39 is 0 Å². The fourth-order valence-electron chi connectivity index (χ4n) is 4.07. The molecule has 0 aliphatic carbocycles. The van der Waals surface area contributed by atoms with Gasteiger partial charge in [0, 0.05) is 31.1 Å². The van der Waals surface area contributed by atoms with Gasteiger partial charge < -0.3 is 11.1 Å². The lowest BCUT2D eigenvalue weighted by Crippen LogP contribution is -2.26. The van der Waals surface area contributed by atoms with E-state index in [0.29, 0.717) is 18.0 Å². The van der Waals surface area contributed by atoms with E-state index in [1.54, 1.807) is 22.1 Å². The highest BCUT2D eigenvalue weighted by molar-refractivity contribution is 7.18. The zero-order chi connectivity index (χ0) is 19.3. The number of nitrogens with one attached hydrogen (secondary N) is 1. The number of nitrogens with two attached hydrogens (primary N) is 1. The highest BCUT2D eigenvalue weighted by Crippen LogP contribution is 2.36. The number of thiazole rings is 1. The predicted molar refractivity (Wildman–Crippen MR) is 127 cm³/mol. The van der Waals surface area contributed by atoms with E-state index in [1.807, 2.05) is 19.3 Å². The topological polar surface area (TPSA) is 68.8 Å². The Morgan fingerprint density at radius 2 is 1.87 bits per heavy atom. The van der Waals surface area contributed by atoms with Gasteiger partial charge >= 0.3 is 0 Å². The summed E-state index contributed by atoms with van der Waals surface area (Å²) in [6.07, 6.45) is 4.09. The van der Waals surface area contributed by atoms with E-state index in [-0.39, 0.29) is 30.6 Å². The van der Waals surface area contributed by atoms with Crippen molar-refractivity contribution in [2.75, 3.05) is 13.1 Å². The van der Waals surface area contributed by atoms with E-state index in [4.69, 9.17) is 5.73 Å². The van der Waals surface area contributed by atoms with Crippen LogP contribution in [0.5, 0.6) is 0 Å². The summed E-state index contributed by atoms with van der Waals surface area (Å²) in [6, 6.07) is 7.71. The van der Waals surface area contributed by atoms with Crippen molar-refractivity contribution in [1.82, 2.24) is 20.1 Å². The van der Waals surface area contributed by atoms with Gasteiger partial charge in [0.1, 0.15) is 5.52 Å². The molecule has 1 aliphatic rings. The number of hydrogen-bond donors (Lipinski definition) is 2. The summed E-state index contributed by atoms with van der Waals surface area (Å²) in [5.41, 5.74) is 10.1. The fraction of sp³-hybridized carbons (Fsp3) is 0.333. The Hall–Kier alpha value is -1.77. The number of aryl methyl sites for hydroxylation is 1. The third-order valence-corrected chi connectivity index (χ3v) is 6.67. The molecule has 5 rings (SSSR count). The van der Waals surface area contributed by atoms with Gasteiger partial charge in [-0.1, -0.05) is 0 Å². The number of fused-ring (bicyclic) bond motifs is 2. The first-order valence-electron chi connectivity index (χ1n) is 9.60. The molecule has 2 aromatic carbocycles. The van der Waals surface area contributed by atoms with Crippen molar-refractivity contribution in [3.63, 3.8) is 0 Å². The molecule has 0 amide bonds. The second-order valence-corrected chi connectivity index (χ2v) is 8.52. The minimum absolute atomic E-state index is 0. The summed E-state index contributed by atoms with van der Waals surface area (Å²) in [4.78, 5) is 4.64. The van der Waals surface area contributed by atoms with Gasteiger partial charge in [-0.15, -0.1) is 36.2 Å². The Labute approximate surface area is 190 Å². The Morgan fingerprint density at radius 1 is 1.13 bits per heavy atom. The number of rotatable bonds is 3. The number of nitrogens with zero attached hydrogens (tertiary/aromatic N) is 3. The maximum Gasteiger partial charge on any atom is 0.150 e. The van der Waals surface area contributed by atoms with Gasteiger partial charge in [-0.3, -0.25) is 4.68 Å². The van der Waals surface area contributed by atoms with Gasteiger partial charge in [-0.2, -0.15) is 5.10 Å². The van der Waals surface area contributed by atoms with E-state index in [2.05, 4.69) is 27.5 Å². The van der Waals surface area contributed by atoms with Crippen LogP contribution in [0.3, 0.4) is 0 Å². The monoisotopic (exact) mass is 467 g/mol. The maximum atomic E-state index is 14.9. The number of halogens is 3. The average molecular weight is 468 g/mol. The van der Waals surface area contributed by atoms with Crippen LogP contribution in [0, 0.1) is 5.82 Å². The summed E-state index contributed by atoms with van der Waals surface area (Å²) >= 11 is 1.62. The molecule has 0 radical (unpaired) electrons. The highest BCUT2D eigenvalue weighted by Gasteiger charge is 2.21. The van der Waals surface area contributed by atoms with Crippen molar-refractivity contribution < 1.29 is 4.39 Å². The molecule has 0 spiro atoms. The Morgan fingerprint density at radius 3 is 2.60 bits per heavy atom. The van der Waals surface area contributed by atoms with Crippen LogP contribution in [0.2, 0.25) is 0 Å². The quantitative estimate of drug-likeness (QED) is 0.455. The van der Waals surface area contributed by atoms with Crippen LogP contribution in [0.4, 0.5) is 4.39 Å². The van der Waals surface area contributed by atoms with Gasteiger partial charge in [0.05, 0.1) is 15.2 Å². The lowest BCUT2D eigenvalue weighted by atomic mass is 9.99. The molecule has 1 saturated heterocycles. The van der Waals surface area contributed by atoms with E-state index in [1.165, 1.54) is 0 Å². The lowest BCUT2D eigenvalue weighted by Gasteiger charge is -2.20. The van der Waals surface area contributed by atoms with E-state index in [0.717, 1.165) is 63.2 Å². The zero-order valence-corrected chi connectivity index (χ0v) is 19.0. The standard InChI is InChI=1S/C21H22FN5S.2ClH/c1-27-11-16-7-13(6-15(10-23)19(16)26-27)14-8-17(22)20-18(9-14)28-21(25-20)12-2-4-24-5-3-12;;/h6-9,11-12,24H,2-5,10,23H2,1H3;2*1H. The molecular weight excluding hydrogens is 444 g/mol. The average Bonchev–Trinajstić information content (AvgIpc) is 3.30. The van der Waals surface area contributed by atoms with Gasteiger partial charge in [-0.05, 0) is 66.9 Å². The molecule has 1 fully saturated rings. The minimum Gasteiger partial charge on any atom is -0.326 e. The third kappa shape index (κ3) is 4.05. The number of aromatic nitrogens is 3. The van der Waals surface area contributed by atoms with Gasteiger partial charge in [0.15, 0.2) is 5.82 Å². The summed E-state index contributed by atoms with van der Waals surface area (Å²) < 4.78 is 17.6. The summed E-state index contributed by atoms with van der Waals surface area (Å²) in [5.74, 6) is 0.168. The van der Waals surface area contributed by atoms with Gasteiger partial charge in [0.2, 0.25) is 0 Å². The van der Waals surface area contributed by atoms with Crippen LogP contribution in [0.15, 0.2) is 30.5 Å². The second-order valence-electron chi connectivity index (χ2n) is 7.46. The Bertz CT molecular complexity index is 1180. The maximum absolute atomic E-state index is 14.9. The predicted octanol–water partition coefficient (Wildman–Crippen LogP) is 4.76. The molecule has 0 bridgehead atoms. The number of benzene rings is 2. The largest absolute Gasteiger partial charge is 0.326 e. The molecule has 0 saturated carbocycles.